The number of likely N-dealkylation sites (tertiary alicyclic amines) is 1. The van der Waals surface area contributed by atoms with E-state index in [1.807, 2.05) is 14.1 Å². The minimum Gasteiger partial charge on any atom is -0.348 e. The average Bonchev–Trinajstić information content (AvgIpc) is 3.28. The van der Waals surface area contributed by atoms with Crippen LogP contribution < -0.4 is 5.32 Å². The Morgan fingerprint density at radius 1 is 1.44 bits per heavy atom. The maximum atomic E-state index is 12.6. The predicted octanol–water partition coefficient (Wildman–Crippen LogP) is 1.56. The largest absolute Gasteiger partial charge is 0.348 e. The van der Waals surface area contributed by atoms with E-state index in [2.05, 4.69) is 37.0 Å². The molecule has 0 radical (unpaired) electrons. The number of carbonyl (C=O) groups excluding carboxylic acids is 1. The van der Waals surface area contributed by atoms with Crippen LogP contribution in [0.2, 0.25) is 0 Å². The van der Waals surface area contributed by atoms with Gasteiger partial charge < -0.3 is 9.88 Å². The molecule has 0 unspecified atom stereocenters. The van der Waals surface area contributed by atoms with Crippen LogP contribution in [0.5, 0.6) is 0 Å². The van der Waals surface area contributed by atoms with E-state index in [1.54, 1.807) is 22.6 Å². The number of imidazole rings is 1. The van der Waals surface area contributed by atoms with Crippen molar-refractivity contribution in [3.05, 3.63) is 40.1 Å². The monoisotopic (exact) mass is 359 g/mol. The van der Waals surface area contributed by atoms with Crippen molar-refractivity contribution in [2.45, 2.75) is 37.4 Å². The first-order valence-corrected chi connectivity index (χ1v) is 9.77. The zero-order valence-corrected chi connectivity index (χ0v) is 15.6. The molecular formula is C18H25N5OS. The van der Waals surface area contributed by atoms with Gasteiger partial charge in [-0.05, 0) is 35.2 Å². The van der Waals surface area contributed by atoms with Crippen molar-refractivity contribution in [2.75, 3.05) is 27.2 Å². The minimum absolute atomic E-state index is 0.139. The highest BCUT2D eigenvalue weighted by molar-refractivity contribution is 7.07. The molecule has 4 rings (SSSR count). The maximum Gasteiger partial charge on any atom is 0.239 e. The number of aromatic amines is 1. The first kappa shape index (κ1) is 16.8. The number of likely N-dealkylation sites (N-methyl/N-ethyl adjacent to an activating group) is 1. The van der Waals surface area contributed by atoms with Gasteiger partial charge in [0.25, 0.3) is 0 Å². The fraction of sp³-hybridized carbons (Fsp3) is 0.556. The standard InChI is InChI=1S/C18H25N5OS/c1-22(2)17(24)15-9-14-16(20-12-19-14)18(21-15)4-6-23(7-5-18)10-13-3-8-25-11-13/h3,8,11-12,15,21H,4-7,9-10H2,1-2H3,(H,19,20)/t15-/m0/s1. The number of carbonyl (C=O) groups is 1. The zero-order valence-electron chi connectivity index (χ0n) is 14.8. The fourth-order valence-corrected chi connectivity index (χ4v) is 4.78. The number of amides is 1. The molecule has 134 valence electrons. The Bertz CT molecular complexity index is 730. The highest BCUT2D eigenvalue weighted by Crippen LogP contribution is 2.38. The Morgan fingerprint density at radius 3 is 2.92 bits per heavy atom. The lowest BCUT2D eigenvalue weighted by Gasteiger charge is -2.46. The van der Waals surface area contributed by atoms with E-state index in [0.29, 0.717) is 6.42 Å². The number of H-pyrrole nitrogens is 1. The van der Waals surface area contributed by atoms with Crippen molar-refractivity contribution in [1.29, 1.82) is 0 Å². The number of piperidine rings is 1. The van der Waals surface area contributed by atoms with E-state index in [0.717, 1.165) is 43.9 Å². The lowest BCUT2D eigenvalue weighted by molar-refractivity contribution is -0.132. The number of thiophene rings is 1. The minimum atomic E-state index is -0.185. The second-order valence-corrected chi connectivity index (χ2v) is 8.13. The van der Waals surface area contributed by atoms with Gasteiger partial charge in [0.15, 0.2) is 0 Å². The molecule has 0 saturated carbocycles. The van der Waals surface area contributed by atoms with E-state index in [1.165, 1.54) is 5.56 Å². The zero-order chi connectivity index (χ0) is 17.4. The number of fused-ring (bicyclic) bond motifs is 2. The van der Waals surface area contributed by atoms with Crippen molar-refractivity contribution < 1.29 is 4.79 Å². The SMILES string of the molecule is CN(C)C(=O)[C@@H]1Cc2[nH]cnc2C2(CCN(Cc3ccsc3)CC2)N1. The highest BCUT2D eigenvalue weighted by Gasteiger charge is 2.45. The molecule has 4 heterocycles. The van der Waals surface area contributed by atoms with Crippen LogP contribution in [0.1, 0.15) is 29.8 Å². The van der Waals surface area contributed by atoms with E-state index >= 15 is 0 Å². The number of rotatable bonds is 3. The van der Waals surface area contributed by atoms with Gasteiger partial charge in [-0.2, -0.15) is 11.3 Å². The molecule has 1 atom stereocenters. The molecule has 2 aliphatic heterocycles. The summed E-state index contributed by atoms with van der Waals surface area (Å²) in [4.78, 5) is 24.6. The molecule has 7 heteroatoms. The fourth-order valence-electron chi connectivity index (χ4n) is 4.12. The molecule has 1 saturated heterocycles. The molecule has 2 aliphatic rings. The number of nitrogens with zero attached hydrogens (tertiary/aromatic N) is 3. The summed E-state index contributed by atoms with van der Waals surface area (Å²) in [6.45, 7) is 3.03. The van der Waals surface area contributed by atoms with Crippen LogP contribution >= 0.6 is 11.3 Å². The van der Waals surface area contributed by atoms with Crippen molar-refractivity contribution >= 4 is 17.2 Å². The molecule has 25 heavy (non-hydrogen) atoms. The first-order valence-electron chi connectivity index (χ1n) is 8.82. The van der Waals surface area contributed by atoms with Crippen LogP contribution in [0, 0.1) is 0 Å². The van der Waals surface area contributed by atoms with Crippen LogP contribution in [-0.2, 0) is 23.3 Å². The molecule has 1 amide bonds. The summed E-state index contributed by atoms with van der Waals surface area (Å²) in [5, 5.41) is 8.03. The summed E-state index contributed by atoms with van der Waals surface area (Å²) in [7, 11) is 3.64. The topological polar surface area (TPSA) is 64.3 Å². The van der Waals surface area contributed by atoms with Crippen LogP contribution in [-0.4, -0.2) is 58.9 Å². The smallest absolute Gasteiger partial charge is 0.239 e. The number of hydrogen-bond acceptors (Lipinski definition) is 5. The second-order valence-electron chi connectivity index (χ2n) is 7.35. The molecule has 0 bridgehead atoms. The van der Waals surface area contributed by atoms with Gasteiger partial charge in [-0.15, -0.1) is 0 Å². The molecule has 1 spiro atoms. The summed E-state index contributed by atoms with van der Waals surface area (Å²) in [5.74, 6) is 0.139. The summed E-state index contributed by atoms with van der Waals surface area (Å²) in [5.41, 5.74) is 3.43. The summed E-state index contributed by atoms with van der Waals surface area (Å²) < 4.78 is 0. The molecule has 6 nitrogen and oxygen atoms in total. The Morgan fingerprint density at radius 2 is 2.24 bits per heavy atom. The lowest BCUT2D eigenvalue weighted by atomic mass is 9.78. The molecule has 2 aromatic heterocycles. The van der Waals surface area contributed by atoms with E-state index in [9.17, 15) is 4.79 Å². The van der Waals surface area contributed by atoms with Crippen LogP contribution in [0.25, 0.3) is 0 Å². The molecule has 0 aromatic carbocycles. The quantitative estimate of drug-likeness (QED) is 0.873. The summed E-state index contributed by atoms with van der Waals surface area (Å²) >= 11 is 1.75. The Labute approximate surface area is 152 Å². The molecule has 0 aliphatic carbocycles. The number of aromatic nitrogens is 2. The van der Waals surface area contributed by atoms with Gasteiger partial charge in [-0.25, -0.2) is 4.98 Å². The first-order chi connectivity index (χ1) is 12.1. The van der Waals surface area contributed by atoms with Gasteiger partial charge in [-0.1, -0.05) is 0 Å². The van der Waals surface area contributed by atoms with Crippen molar-refractivity contribution in [3.8, 4) is 0 Å². The Kier molecular flexibility index (Phi) is 4.39. The van der Waals surface area contributed by atoms with Crippen LogP contribution in [0.4, 0.5) is 0 Å². The Balaban J connectivity index is 1.52. The summed E-state index contributed by atoms with van der Waals surface area (Å²) in [6.07, 6.45) is 4.42. The second kappa shape index (κ2) is 6.55. The number of nitrogens with one attached hydrogen (secondary N) is 2. The van der Waals surface area contributed by atoms with Crippen LogP contribution in [0.3, 0.4) is 0 Å². The number of hydrogen-bond donors (Lipinski definition) is 2. The third kappa shape index (κ3) is 3.12. The van der Waals surface area contributed by atoms with Gasteiger partial charge in [-0.3, -0.25) is 15.0 Å². The van der Waals surface area contributed by atoms with Gasteiger partial charge in [0.2, 0.25) is 5.91 Å². The van der Waals surface area contributed by atoms with Crippen molar-refractivity contribution in [3.63, 3.8) is 0 Å². The third-order valence-corrected chi connectivity index (χ3v) is 6.20. The van der Waals surface area contributed by atoms with Gasteiger partial charge >= 0.3 is 0 Å². The van der Waals surface area contributed by atoms with Crippen LogP contribution in [0.15, 0.2) is 23.2 Å². The van der Waals surface area contributed by atoms with E-state index < -0.39 is 0 Å². The van der Waals surface area contributed by atoms with E-state index in [-0.39, 0.29) is 17.5 Å². The van der Waals surface area contributed by atoms with Crippen molar-refractivity contribution in [2.24, 2.45) is 0 Å². The molecule has 2 aromatic rings. The van der Waals surface area contributed by atoms with E-state index in [4.69, 9.17) is 0 Å². The normalized spacial score (nSPS) is 22.7. The maximum absolute atomic E-state index is 12.6. The molecular weight excluding hydrogens is 334 g/mol. The molecule has 1 fully saturated rings. The average molecular weight is 359 g/mol. The van der Waals surface area contributed by atoms with Crippen molar-refractivity contribution in [1.82, 2.24) is 25.1 Å². The lowest BCUT2D eigenvalue weighted by Crippen LogP contribution is -2.61. The summed E-state index contributed by atoms with van der Waals surface area (Å²) in [6, 6.07) is 2.03. The predicted molar refractivity (Wildman–Crippen MR) is 98.4 cm³/mol. The Hall–Kier alpha value is -1.70. The van der Waals surface area contributed by atoms with Gasteiger partial charge in [0.1, 0.15) is 0 Å². The molecule has 2 N–H and O–H groups in total. The third-order valence-electron chi connectivity index (χ3n) is 5.47. The van der Waals surface area contributed by atoms with Gasteiger partial charge in [0.05, 0.1) is 23.6 Å². The van der Waals surface area contributed by atoms with Gasteiger partial charge in [0, 0.05) is 45.8 Å². The highest BCUT2D eigenvalue weighted by atomic mass is 32.1.